The van der Waals surface area contributed by atoms with Gasteiger partial charge in [-0.1, -0.05) is 18.2 Å². The number of piperidine rings is 1. The zero-order valence-corrected chi connectivity index (χ0v) is 24.6. The molecule has 10 nitrogen and oxygen atoms in total. The van der Waals surface area contributed by atoms with Gasteiger partial charge in [-0.25, -0.2) is 22.2 Å². The predicted octanol–water partition coefficient (Wildman–Crippen LogP) is 4.85. The number of carboxylic acid groups (broad SMARTS) is 1. The van der Waals surface area contributed by atoms with Gasteiger partial charge in [-0.2, -0.15) is 4.31 Å². The first-order chi connectivity index (χ1) is 20.6. The van der Waals surface area contributed by atoms with Gasteiger partial charge in [0.25, 0.3) is 6.43 Å². The van der Waals surface area contributed by atoms with E-state index >= 15 is 0 Å². The van der Waals surface area contributed by atoms with Crippen LogP contribution >= 0.6 is 0 Å². The van der Waals surface area contributed by atoms with E-state index in [0.717, 1.165) is 36.9 Å². The average molecular weight is 611 g/mol. The Morgan fingerprint density at radius 3 is 2.72 bits per heavy atom. The maximum Gasteiger partial charge on any atom is 0.304 e. The molecule has 13 heteroatoms. The van der Waals surface area contributed by atoms with Gasteiger partial charge in [0.2, 0.25) is 15.8 Å². The fourth-order valence-corrected chi connectivity index (χ4v) is 7.99. The number of alkyl halides is 2. The number of aromatic nitrogens is 4. The number of fused-ring (bicyclic) bond motifs is 4. The van der Waals surface area contributed by atoms with Gasteiger partial charge in [-0.05, 0) is 79.1 Å². The van der Waals surface area contributed by atoms with Crippen molar-refractivity contribution < 1.29 is 27.1 Å². The van der Waals surface area contributed by atoms with Crippen molar-refractivity contribution in [1.82, 2.24) is 23.9 Å². The maximum absolute atomic E-state index is 14.0. The van der Waals surface area contributed by atoms with Gasteiger partial charge < -0.3 is 10.0 Å². The first kappa shape index (κ1) is 29.1. The summed E-state index contributed by atoms with van der Waals surface area (Å²) in [4.78, 5) is 18.8. The van der Waals surface area contributed by atoms with E-state index in [1.165, 1.54) is 14.9 Å². The standard InChI is InChI=1S/C30H32F2N6O4S/c1-18-8-9-20(24(15-26(39)40)23-10-13-38-28(19(23)2)34-35-30(38)27(31)32)14-21(18)16-36-17-22-6-3-4-12-37(22)29-25(43(36,41)42)7-5-11-33-29/h5,7-11,13-14,22,24,27H,3-4,6,12,15-17H2,1-2H3,(H,39,40)/t22-,24?/m0/s1. The molecule has 0 saturated carbocycles. The van der Waals surface area contributed by atoms with E-state index in [2.05, 4.69) is 20.1 Å². The van der Waals surface area contributed by atoms with Gasteiger partial charge in [0.1, 0.15) is 10.7 Å². The highest BCUT2D eigenvalue weighted by molar-refractivity contribution is 7.89. The van der Waals surface area contributed by atoms with E-state index in [0.29, 0.717) is 29.1 Å². The molecule has 0 amide bonds. The number of halogens is 2. The number of nitrogens with zero attached hydrogens (tertiary/aromatic N) is 6. The van der Waals surface area contributed by atoms with Crippen molar-refractivity contribution in [3.63, 3.8) is 0 Å². The Morgan fingerprint density at radius 1 is 1.14 bits per heavy atom. The normalized spacial score (nSPS) is 19.2. The molecule has 0 aliphatic carbocycles. The molecule has 43 heavy (non-hydrogen) atoms. The summed E-state index contributed by atoms with van der Waals surface area (Å²) in [6.07, 6.45) is 2.84. The Kier molecular flexibility index (Phi) is 7.63. The van der Waals surface area contributed by atoms with E-state index in [4.69, 9.17) is 0 Å². The van der Waals surface area contributed by atoms with Crippen molar-refractivity contribution in [3.05, 3.63) is 82.4 Å². The number of rotatable bonds is 7. The van der Waals surface area contributed by atoms with Gasteiger partial charge >= 0.3 is 5.97 Å². The van der Waals surface area contributed by atoms with Crippen molar-refractivity contribution in [2.24, 2.45) is 0 Å². The third-order valence-corrected chi connectivity index (χ3v) is 10.5. The topological polar surface area (TPSA) is 121 Å². The lowest BCUT2D eigenvalue weighted by molar-refractivity contribution is -0.137. The number of hydrogen-bond acceptors (Lipinski definition) is 7. The van der Waals surface area contributed by atoms with Crippen LogP contribution in [-0.2, 0) is 21.4 Å². The van der Waals surface area contributed by atoms with Crippen molar-refractivity contribution in [2.45, 2.75) is 69.4 Å². The molecule has 2 aliphatic rings. The first-order valence-electron chi connectivity index (χ1n) is 14.2. The molecule has 2 aliphatic heterocycles. The molecule has 0 radical (unpaired) electrons. The number of sulfonamides is 1. The Morgan fingerprint density at radius 2 is 1.95 bits per heavy atom. The van der Waals surface area contributed by atoms with Crippen LogP contribution in [0.1, 0.15) is 71.7 Å². The molecule has 6 rings (SSSR count). The lowest BCUT2D eigenvalue weighted by Gasteiger charge is -2.36. The molecule has 1 fully saturated rings. The van der Waals surface area contributed by atoms with Gasteiger partial charge in [0.15, 0.2) is 5.65 Å². The van der Waals surface area contributed by atoms with Gasteiger partial charge in [-0.15, -0.1) is 10.2 Å². The average Bonchev–Trinajstić information content (AvgIpc) is 3.39. The van der Waals surface area contributed by atoms with Crippen LogP contribution in [0, 0.1) is 13.8 Å². The van der Waals surface area contributed by atoms with E-state index in [-0.39, 0.29) is 29.6 Å². The van der Waals surface area contributed by atoms with E-state index in [9.17, 15) is 27.1 Å². The second-order valence-corrected chi connectivity index (χ2v) is 13.2. The summed E-state index contributed by atoms with van der Waals surface area (Å²) in [6, 6.07) is 10.4. The molecule has 5 heterocycles. The Bertz CT molecular complexity index is 1810. The highest BCUT2D eigenvalue weighted by Gasteiger charge is 2.39. The Labute approximate surface area is 248 Å². The fraction of sp³-hybridized carbons (Fsp3) is 0.400. The van der Waals surface area contributed by atoms with Gasteiger partial charge in [0.05, 0.1) is 6.42 Å². The van der Waals surface area contributed by atoms with Crippen LogP contribution in [-0.4, -0.2) is 62.5 Å². The fourth-order valence-electron chi connectivity index (χ4n) is 6.38. The minimum absolute atomic E-state index is 0.00131. The summed E-state index contributed by atoms with van der Waals surface area (Å²) in [5, 5.41) is 17.4. The number of pyridine rings is 2. The number of benzene rings is 1. The Hall–Kier alpha value is -3.97. The number of aliphatic carboxylic acids is 1. The third-order valence-electron chi connectivity index (χ3n) is 8.65. The first-order valence-corrected chi connectivity index (χ1v) is 15.7. The summed E-state index contributed by atoms with van der Waals surface area (Å²) in [6.45, 7) is 4.79. The van der Waals surface area contributed by atoms with Crippen LogP contribution in [0.5, 0.6) is 0 Å². The quantitative estimate of drug-likeness (QED) is 0.315. The number of anilines is 1. The van der Waals surface area contributed by atoms with Crippen LogP contribution < -0.4 is 4.90 Å². The summed E-state index contributed by atoms with van der Waals surface area (Å²) in [7, 11) is -3.88. The van der Waals surface area contributed by atoms with Crippen molar-refractivity contribution in [2.75, 3.05) is 18.0 Å². The summed E-state index contributed by atoms with van der Waals surface area (Å²) >= 11 is 0. The van der Waals surface area contributed by atoms with Gasteiger partial charge in [0, 0.05) is 44.0 Å². The van der Waals surface area contributed by atoms with Crippen LogP contribution in [0.15, 0.2) is 53.7 Å². The van der Waals surface area contributed by atoms with E-state index in [1.54, 1.807) is 31.3 Å². The summed E-state index contributed by atoms with van der Waals surface area (Å²) in [5.74, 6) is -1.65. The second kappa shape index (κ2) is 11.3. The number of carbonyl (C=O) groups is 1. The molecular formula is C30H32F2N6O4S. The molecule has 226 valence electrons. The number of carboxylic acids is 1. The number of aryl methyl sites for hydroxylation is 2. The minimum atomic E-state index is -3.88. The van der Waals surface area contributed by atoms with Crippen LogP contribution in [0.3, 0.4) is 0 Å². The molecular weight excluding hydrogens is 578 g/mol. The van der Waals surface area contributed by atoms with Crippen LogP contribution in [0.4, 0.5) is 14.6 Å². The predicted molar refractivity (Wildman–Crippen MR) is 155 cm³/mol. The van der Waals surface area contributed by atoms with Crippen molar-refractivity contribution in [3.8, 4) is 0 Å². The van der Waals surface area contributed by atoms with Crippen LogP contribution in [0.25, 0.3) is 5.65 Å². The molecule has 2 atom stereocenters. The molecule has 0 bridgehead atoms. The smallest absolute Gasteiger partial charge is 0.304 e. The molecule has 0 spiro atoms. The molecule has 1 aromatic carbocycles. The van der Waals surface area contributed by atoms with E-state index in [1.807, 2.05) is 25.1 Å². The highest BCUT2D eigenvalue weighted by Crippen LogP contribution is 2.37. The summed E-state index contributed by atoms with van der Waals surface area (Å²) in [5.41, 5.74) is 3.71. The lowest BCUT2D eigenvalue weighted by Crippen LogP contribution is -2.45. The molecule has 3 aromatic heterocycles. The Balaban J connectivity index is 1.40. The third kappa shape index (κ3) is 5.24. The molecule has 4 aromatic rings. The highest BCUT2D eigenvalue weighted by atomic mass is 32.2. The largest absolute Gasteiger partial charge is 0.481 e. The zero-order valence-electron chi connectivity index (χ0n) is 23.8. The van der Waals surface area contributed by atoms with E-state index < -0.39 is 34.2 Å². The lowest BCUT2D eigenvalue weighted by atomic mass is 9.85. The number of hydrogen-bond donors (Lipinski definition) is 1. The van der Waals surface area contributed by atoms with Crippen molar-refractivity contribution in [1.29, 1.82) is 0 Å². The molecule has 1 unspecified atom stereocenters. The minimum Gasteiger partial charge on any atom is -0.481 e. The van der Waals surface area contributed by atoms with Gasteiger partial charge in [-0.3, -0.25) is 9.20 Å². The second-order valence-electron chi connectivity index (χ2n) is 11.3. The SMILES string of the molecule is Cc1ccc(C(CC(=O)O)c2ccn3c(C(F)F)nnc3c2C)cc1CN1C[C@@H]2CCCCN2c2ncccc2S1(=O)=O. The summed E-state index contributed by atoms with van der Waals surface area (Å²) < 4.78 is 57.6. The maximum atomic E-state index is 14.0. The van der Waals surface area contributed by atoms with Crippen LogP contribution in [0.2, 0.25) is 0 Å². The molecule has 1 N–H and O–H groups in total. The zero-order chi connectivity index (χ0) is 30.5. The van der Waals surface area contributed by atoms with Crippen molar-refractivity contribution >= 4 is 27.5 Å². The monoisotopic (exact) mass is 610 g/mol. The molecule has 1 saturated heterocycles.